The molecule has 1 unspecified atom stereocenters. The summed E-state index contributed by atoms with van der Waals surface area (Å²) in [4.78, 5) is 30.8. The number of nitrogens with one attached hydrogen (secondary N) is 1. The number of hydrogen-bond donors (Lipinski definition) is 2. The molecule has 1 atom stereocenters. The van der Waals surface area contributed by atoms with Crippen molar-refractivity contribution in [2.75, 3.05) is 60.4 Å². The van der Waals surface area contributed by atoms with E-state index in [4.69, 9.17) is 23.2 Å². The van der Waals surface area contributed by atoms with Gasteiger partial charge in [-0.05, 0) is 61.2 Å². The van der Waals surface area contributed by atoms with Crippen LogP contribution in [0.2, 0.25) is 10.0 Å². The molecule has 7 nitrogen and oxygen atoms in total. The van der Waals surface area contributed by atoms with Crippen LogP contribution >= 0.6 is 23.2 Å². The molecule has 2 aliphatic rings. The Kier molecular flexibility index (Phi) is 10.0. The molecule has 218 valence electrons. The number of rotatable bonds is 9. The first-order valence-corrected chi connectivity index (χ1v) is 15.1. The molecule has 2 heterocycles. The minimum Gasteiger partial charge on any atom is -0.508 e. The summed E-state index contributed by atoms with van der Waals surface area (Å²) in [5.41, 5.74) is 1.12. The van der Waals surface area contributed by atoms with Crippen molar-refractivity contribution in [3.05, 3.63) is 63.6 Å². The number of nitrogens with zero attached hydrogens (tertiary/aromatic N) is 3. The van der Waals surface area contributed by atoms with Crippen LogP contribution in [0, 0.1) is 0 Å². The Morgan fingerprint density at radius 3 is 2.23 bits per heavy atom. The van der Waals surface area contributed by atoms with Gasteiger partial charge in [-0.15, -0.1) is 0 Å². The van der Waals surface area contributed by atoms with E-state index in [2.05, 4.69) is 5.32 Å². The van der Waals surface area contributed by atoms with Crippen LogP contribution in [0.5, 0.6) is 5.75 Å². The molecule has 9 heteroatoms. The van der Waals surface area contributed by atoms with Gasteiger partial charge < -0.3 is 24.7 Å². The van der Waals surface area contributed by atoms with Crippen molar-refractivity contribution < 1.29 is 19.2 Å². The molecule has 2 amide bonds. The number of phenolic OH excluding ortho intramolecular Hbond substituents is 1. The minimum absolute atomic E-state index is 0.00554. The summed E-state index contributed by atoms with van der Waals surface area (Å²) >= 11 is 12.7. The zero-order valence-corrected chi connectivity index (χ0v) is 25.5. The number of benzene rings is 2. The maximum absolute atomic E-state index is 13.9. The first-order valence-electron chi connectivity index (χ1n) is 14.4. The van der Waals surface area contributed by atoms with E-state index in [9.17, 15) is 14.7 Å². The number of likely N-dealkylation sites (N-methyl/N-ethyl adjacent to an activating group) is 2. The third-order valence-electron chi connectivity index (χ3n) is 9.09. The number of quaternary nitrogens is 1. The quantitative estimate of drug-likeness (QED) is 0.396. The topological polar surface area (TPSA) is 72.9 Å². The van der Waals surface area contributed by atoms with Gasteiger partial charge in [-0.1, -0.05) is 29.3 Å². The maximum Gasteiger partial charge on any atom is 0.283 e. The molecule has 2 aromatic carbocycles. The van der Waals surface area contributed by atoms with E-state index < -0.39 is 5.54 Å². The van der Waals surface area contributed by atoms with Gasteiger partial charge >= 0.3 is 0 Å². The molecular formula is C31H43Cl2N4O3+. The predicted octanol–water partition coefficient (Wildman–Crippen LogP) is 5.16. The van der Waals surface area contributed by atoms with Crippen molar-refractivity contribution in [3.63, 3.8) is 0 Å². The molecule has 0 saturated carbocycles. The second kappa shape index (κ2) is 13.1. The van der Waals surface area contributed by atoms with Crippen molar-refractivity contribution in [2.24, 2.45) is 0 Å². The summed E-state index contributed by atoms with van der Waals surface area (Å²) in [5.74, 6) is 0.264. The molecule has 0 aromatic heterocycles. The normalized spacial score (nSPS) is 19.0. The second-order valence-electron chi connectivity index (χ2n) is 11.7. The standard InChI is InChI=1S/C31H42Cl2N4O3/c1-35(2)30(40)31(14-16-34-17-15-31)37(18-5-4-6-19-37)20-13-25(24-9-12-27(32)28(33)21-24)22-36(3)29(39)23-7-10-26(38)11-8-23/h7-12,21,25,34H,4-6,13-20,22H2,1-3H3/p+1. The SMILES string of the molecule is CN(C)C(=O)C1([N+]2(CCC(CN(C)C(=O)c3ccc(O)cc3)c3ccc(Cl)c(Cl)c3)CCCCC2)CCNCC1. The van der Waals surface area contributed by atoms with Gasteiger partial charge in [0.05, 0.1) is 29.7 Å². The van der Waals surface area contributed by atoms with E-state index in [1.807, 2.05) is 39.3 Å². The first kappa shape index (κ1) is 30.6. The Labute approximate surface area is 248 Å². The van der Waals surface area contributed by atoms with Gasteiger partial charge in [-0.2, -0.15) is 0 Å². The van der Waals surface area contributed by atoms with E-state index in [0.29, 0.717) is 22.2 Å². The smallest absolute Gasteiger partial charge is 0.283 e. The lowest BCUT2D eigenvalue weighted by Crippen LogP contribution is -2.74. The van der Waals surface area contributed by atoms with Gasteiger partial charge in [0.25, 0.3) is 11.8 Å². The molecule has 0 bridgehead atoms. The molecule has 0 aliphatic carbocycles. The zero-order chi connectivity index (χ0) is 28.9. The number of phenols is 1. The molecule has 2 aliphatic heterocycles. The number of amides is 2. The average molecular weight is 591 g/mol. The van der Waals surface area contributed by atoms with Crippen molar-refractivity contribution in [1.82, 2.24) is 15.1 Å². The van der Waals surface area contributed by atoms with Gasteiger partial charge in [0.2, 0.25) is 0 Å². The number of carbonyl (C=O) groups excluding carboxylic acids is 2. The molecule has 2 aromatic rings. The lowest BCUT2D eigenvalue weighted by atomic mass is 9.79. The Balaban J connectivity index is 1.65. The predicted molar refractivity (Wildman–Crippen MR) is 161 cm³/mol. The van der Waals surface area contributed by atoms with E-state index in [1.165, 1.54) is 18.6 Å². The van der Waals surface area contributed by atoms with Gasteiger partial charge in [0.1, 0.15) is 5.75 Å². The number of halogens is 2. The fourth-order valence-corrected chi connectivity index (χ4v) is 7.21. The highest BCUT2D eigenvalue weighted by molar-refractivity contribution is 6.42. The summed E-state index contributed by atoms with van der Waals surface area (Å²) in [6.07, 6.45) is 5.91. The third kappa shape index (κ3) is 6.43. The van der Waals surface area contributed by atoms with Crippen molar-refractivity contribution >= 4 is 35.0 Å². The Morgan fingerprint density at radius 2 is 1.62 bits per heavy atom. The van der Waals surface area contributed by atoms with E-state index in [1.54, 1.807) is 21.9 Å². The zero-order valence-electron chi connectivity index (χ0n) is 24.0. The van der Waals surface area contributed by atoms with Crippen LogP contribution in [-0.4, -0.2) is 97.2 Å². The third-order valence-corrected chi connectivity index (χ3v) is 9.83. The van der Waals surface area contributed by atoms with Crippen LogP contribution in [0.25, 0.3) is 0 Å². The van der Waals surface area contributed by atoms with Crippen LogP contribution in [0.1, 0.15) is 60.4 Å². The summed E-state index contributed by atoms with van der Waals surface area (Å²) < 4.78 is 0.805. The molecule has 2 saturated heterocycles. The van der Waals surface area contributed by atoms with Gasteiger partial charge in [-0.3, -0.25) is 9.59 Å². The largest absolute Gasteiger partial charge is 0.508 e. The van der Waals surface area contributed by atoms with Crippen LogP contribution in [-0.2, 0) is 4.79 Å². The van der Waals surface area contributed by atoms with Crippen LogP contribution < -0.4 is 5.32 Å². The molecular weight excluding hydrogens is 547 g/mol. The molecule has 0 radical (unpaired) electrons. The Morgan fingerprint density at radius 1 is 0.975 bits per heavy atom. The van der Waals surface area contributed by atoms with Crippen LogP contribution in [0.4, 0.5) is 0 Å². The molecule has 4 rings (SSSR count). The first-order chi connectivity index (χ1) is 19.1. The molecule has 40 heavy (non-hydrogen) atoms. The highest BCUT2D eigenvalue weighted by atomic mass is 35.5. The van der Waals surface area contributed by atoms with Crippen LogP contribution in [0.15, 0.2) is 42.5 Å². The highest BCUT2D eigenvalue weighted by Crippen LogP contribution is 2.40. The summed E-state index contributed by atoms with van der Waals surface area (Å²) in [5, 5.41) is 14.1. The highest BCUT2D eigenvalue weighted by Gasteiger charge is 2.57. The Hall–Kier alpha value is -2.32. The number of piperidine rings is 2. The van der Waals surface area contributed by atoms with E-state index in [0.717, 1.165) is 74.9 Å². The fraction of sp³-hybridized carbons (Fsp3) is 0.548. The van der Waals surface area contributed by atoms with Crippen molar-refractivity contribution in [2.45, 2.75) is 50.0 Å². The van der Waals surface area contributed by atoms with E-state index >= 15 is 0 Å². The van der Waals surface area contributed by atoms with Crippen molar-refractivity contribution in [3.8, 4) is 5.75 Å². The monoisotopic (exact) mass is 589 g/mol. The maximum atomic E-state index is 13.9. The van der Waals surface area contributed by atoms with E-state index in [-0.39, 0.29) is 23.5 Å². The lowest BCUT2D eigenvalue weighted by molar-refractivity contribution is -0.972. The summed E-state index contributed by atoms with van der Waals surface area (Å²) in [7, 11) is 5.58. The van der Waals surface area contributed by atoms with Gasteiger partial charge in [-0.25, -0.2) is 0 Å². The number of carbonyl (C=O) groups is 2. The minimum atomic E-state index is -0.439. The Bertz CT molecular complexity index is 1180. The van der Waals surface area contributed by atoms with Crippen LogP contribution in [0.3, 0.4) is 0 Å². The van der Waals surface area contributed by atoms with Gasteiger partial charge in [0.15, 0.2) is 5.54 Å². The average Bonchev–Trinajstić information content (AvgIpc) is 2.97. The number of likely N-dealkylation sites (tertiary alicyclic amines) is 1. The number of aromatic hydroxyl groups is 1. The molecule has 0 spiro atoms. The second-order valence-corrected chi connectivity index (χ2v) is 12.6. The lowest BCUT2D eigenvalue weighted by Gasteiger charge is -2.56. The summed E-state index contributed by atoms with van der Waals surface area (Å²) in [6.45, 7) is 5.03. The molecule has 2 N–H and O–H groups in total. The molecule has 2 fully saturated rings. The number of hydrogen-bond acceptors (Lipinski definition) is 4. The van der Waals surface area contributed by atoms with Gasteiger partial charge in [0, 0.05) is 71.5 Å². The summed E-state index contributed by atoms with van der Waals surface area (Å²) in [6, 6.07) is 12.1. The fourth-order valence-electron chi connectivity index (χ4n) is 6.90. The van der Waals surface area contributed by atoms with Crippen molar-refractivity contribution in [1.29, 1.82) is 0 Å².